The Morgan fingerprint density at radius 3 is 2.56 bits per heavy atom. The van der Waals surface area contributed by atoms with Gasteiger partial charge in [-0.2, -0.15) is 0 Å². The van der Waals surface area contributed by atoms with Crippen molar-refractivity contribution in [3.05, 3.63) is 0 Å². The van der Waals surface area contributed by atoms with Gasteiger partial charge in [-0.25, -0.2) is 0 Å². The first-order valence-corrected chi connectivity index (χ1v) is 7.96. The monoisotopic (exact) mass is 270 g/mol. The first-order valence-electron chi connectivity index (χ1n) is 6.80. The number of amides is 2. The lowest BCUT2D eigenvalue weighted by molar-refractivity contribution is -0.131. The Morgan fingerprint density at radius 2 is 1.83 bits per heavy atom. The number of likely N-dealkylation sites (tertiary alicyclic amines) is 1. The van der Waals surface area contributed by atoms with Crippen molar-refractivity contribution in [3.8, 4) is 0 Å². The largest absolute Gasteiger partial charge is 0.369 e. The Bertz CT molecular complexity index is 322. The summed E-state index contributed by atoms with van der Waals surface area (Å²) in [5.74, 6) is 2.02. The molecule has 1 aliphatic carbocycles. The molecule has 2 unspecified atom stereocenters. The van der Waals surface area contributed by atoms with Crippen LogP contribution in [0.15, 0.2) is 0 Å². The van der Waals surface area contributed by atoms with E-state index in [4.69, 9.17) is 5.73 Å². The van der Waals surface area contributed by atoms with Crippen molar-refractivity contribution in [1.29, 1.82) is 0 Å². The molecule has 1 saturated heterocycles. The molecule has 0 bridgehead atoms. The minimum absolute atomic E-state index is 0.172. The molecule has 2 rings (SSSR count). The van der Waals surface area contributed by atoms with Crippen molar-refractivity contribution in [2.75, 3.05) is 24.6 Å². The summed E-state index contributed by atoms with van der Waals surface area (Å²) in [5, 5.41) is 0. The van der Waals surface area contributed by atoms with Gasteiger partial charge in [-0.05, 0) is 24.7 Å². The summed E-state index contributed by atoms with van der Waals surface area (Å²) in [4.78, 5) is 24.6. The van der Waals surface area contributed by atoms with Crippen molar-refractivity contribution >= 4 is 23.6 Å². The third-order valence-corrected chi connectivity index (χ3v) is 5.05. The molecule has 0 aromatic rings. The summed E-state index contributed by atoms with van der Waals surface area (Å²) in [5.41, 5.74) is 5.06. The highest BCUT2D eigenvalue weighted by Gasteiger charge is 2.32. The summed E-state index contributed by atoms with van der Waals surface area (Å²) in [6.07, 6.45) is 6.48. The molecule has 0 spiro atoms. The normalized spacial score (nSPS) is 27.7. The maximum absolute atomic E-state index is 12.0. The Kier molecular flexibility index (Phi) is 4.92. The Hall–Kier alpha value is -0.710. The van der Waals surface area contributed by atoms with Gasteiger partial charge in [0.25, 0.3) is 0 Å². The first-order chi connectivity index (χ1) is 8.66. The van der Waals surface area contributed by atoms with E-state index in [2.05, 4.69) is 0 Å². The van der Waals surface area contributed by atoms with Crippen molar-refractivity contribution < 1.29 is 9.59 Å². The second-order valence-corrected chi connectivity index (χ2v) is 6.38. The molecule has 1 aliphatic heterocycles. The number of primary amides is 1. The zero-order chi connectivity index (χ0) is 13.0. The Morgan fingerprint density at radius 1 is 1.11 bits per heavy atom. The third kappa shape index (κ3) is 3.64. The van der Waals surface area contributed by atoms with Crippen molar-refractivity contribution in [1.82, 2.24) is 4.90 Å². The molecule has 2 amide bonds. The molecular weight excluding hydrogens is 248 g/mol. The molecule has 2 atom stereocenters. The molecule has 2 aliphatic rings. The molecular formula is C13H22N2O2S. The van der Waals surface area contributed by atoms with Crippen LogP contribution in [-0.2, 0) is 9.59 Å². The quantitative estimate of drug-likeness (QED) is 0.836. The number of hydrogen-bond acceptors (Lipinski definition) is 3. The summed E-state index contributed by atoms with van der Waals surface area (Å²) in [7, 11) is 0. The van der Waals surface area contributed by atoms with Gasteiger partial charge in [0, 0.05) is 13.1 Å². The molecule has 4 nitrogen and oxygen atoms in total. The number of carbonyl (C=O) groups excluding carboxylic acids is 2. The Labute approximate surface area is 113 Å². The number of fused-ring (bicyclic) bond motifs is 1. The van der Waals surface area contributed by atoms with Crippen LogP contribution in [0, 0.1) is 11.8 Å². The predicted molar refractivity (Wildman–Crippen MR) is 73.2 cm³/mol. The Balaban J connectivity index is 1.75. The van der Waals surface area contributed by atoms with Crippen LogP contribution in [0.2, 0.25) is 0 Å². The molecule has 0 aromatic heterocycles. The van der Waals surface area contributed by atoms with E-state index in [1.807, 2.05) is 4.90 Å². The standard InChI is InChI=1S/C13H22N2O2S/c14-12(16)8-18-9-13(17)15-6-5-10-3-1-2-4-11(10)7-15/h10-11H,1-9H2,(H2,14,16). The molecule has 1 heterocycles. The van der Waals surface area contributed by atoms with E-state index in [0.717, 1.165) is 31.3 Å². The van der Waals surface area contributed by atoms with E-state index < -0.39 is 0 Å². The van der Waals surface area contributed by atoms with E-state index in [0.29, 0.717) is 5.75 Å². The predicted octanol–water partition coefficient (Wildman–Crippen LogP) is 1.24. The summed E-state index contributed by atoms with van der Waals surface area (Å²) in [6.45, 7) is 1.83. The minimum Gasteiger partial charge on any atom is -0.369 e. The number of hydrogen-bond donors (Lipinski definition) is 1. The number of nitrogens with two attached hydrogens (primary N) is 1. The lowest BCUT2D eigenvalue weighted by Gasteiger charge is -2.41. The SMILES string of the molecule is NC(=O)CSCC(=O)N1CCC2CCCCC2C1. The number of piperidine rings is 1. The zero-order valence-corrected chi connectivity index (χ0v) is 11.6. The van der Waals surface area contributed by atoms with E-state index in [9.17, 15) is 9.59 Å². The summed E-state index contributed by atoms with van der Waals surface area (Å²) in [6, 6.07) is 0. The van der Waals surface area contributed by atoms with Gasteiger partial charge in [0.2, 0.25) is 11.8 Å². The van der Waals surface area contributed by atoms with E-state index in [1.165, 1.54) is 37.4 Å². The van der Waals surface area contributed by atoms with Crippen LogP contribution >= 0.6 is 11.8 Å². The molecule has 1 saturated carbocycles. The molecule has 0 aromatic carbocycles. The van der Waals surface area contributed by atoms with Crippen LogP contribution < -0.4 is 5.73 Å². The summed E-state index contributed by atoms with van der Waals surface area (Å²) >= 11 is 1.33. The molecule has 2 fully saturated rings. The van der Waals surface area contributed by atoms with Gasteiger partial charge in [-0.3, -0.25) is 9.59 Å². The number of rotatable bonds is 4. The maximum atomic E-state index is 12.0. The van der Waals surface area contributed by atoms with Crippen LogP contribution in [0.3, 0.4) is 0 Å². The number of nitrogens with zero attached hydrogens (tertiary/aromatic N) is 1. The smallest absolute Gasteiger partial charge is 0.232 e. The van der Waals surface area contributed by atoms with Gasteiger partial charge in [-0.1, -0.05) is 19.3 Å². The molecule has 18 heavy (non-hydrogen) atoms. The first kappa shape index (κ1) is 13.7. The van der Waals surface area contributed by atoms with Gasteiger partial charge < -0.3 is 10.6 Å². The average molecular weight is 270 g/mol. The van der Waals surface area contributed by atoms with E-state index in [-0.39, 0.29) is 17.6 Å². The van der Waals surface area contributed by atoms with Crippen LogP contribution in [-0.4, -0.2) is 41.3 Å². The average Bonchev–Trinajstić information content (AvgIpc) is 2.37. The fraction of sp³-hybridized carbons (Fsp3) is 0.846. The van der Waals surface area contributed by atoms with E-state index in [1.54, 1.807) is 0 Å². The molecule has 0 radical (unpaired) electrons. The summed E-state index contributed by atoms with van der Waals surface area (Å²) < 4.78 is 0. The second kappa shape index (κ2) is 6.45. The van der Waals surface area contributed by atoms with Gasteiger partial charge in [0.05, 0.1) is 11.5 Å². The van der Waals surface area contributed by atoms with E-state index >= 15 is 0 Å². The topological polar surface area (TPSA) is 63.4 Å². The van der Waals surface area contributed by atoms with Crippen molar-refractivity contribution in [2.24, 2.45) is 17.6 Å². The highest BCUT2D eigenvalue weighted by molar-refractivity contribution is 8.00. The van der Waals surface area contributed by atoms with Gasteiger partial charge in [-0.15, -0.1) is 11.8 Å². The lowest BCUT2D eigenvalue weighted by atomic mass is 9.75. The molecule has 5 heteroatoms. The third-order valence-electron chi connectivity index (χ3n) is 4.11. The second-order valence-electron chi connectivity index (χ2n) is 5.39. The van der Waals surface area contributed by atoms with Crippen LogP contribution in [0.1, 0.15) is 32.1 Å². The van der Waals surface area contributed by atoms with Gasteiger partial charge >= 0.3 is 0 Å². The highest BCUT2D eigenvalue weighted by Crippen LogP contribution is 2.36. The number of carbonyl (C=O) groups is 2. The minimum atomic E-state index is -0.348. The zero-order valence-electron chi connectivity index (χ0n) is 10.8. The molecule has 102 valence electrons. The lowest BCUT2D eigenvalue weighted by Crippen LogP contribution is -2.45. The van der Waals surface area contributed by atoms with Crippen LogP contribution in [0.5, 0.6) is 0 Å². The van der Waals surface area contributed by atoms with Gasteiger partial charge in [0.1, 0.15) is 0 Å². The maximum Gasteiger partial charge on any atom is 0.232 e. The van der Waals surface area contributed by atoms with Crippen molar-refractivity contribution in [3.63, 3.8) is 0 Å². The molecule has 2 N–H and O–H groups in total. The van der Waals surface area contributed by atoms with Gasteiger partial charge in [0.15, 0.2) is 0 Å². The van der Waals surface area contributed by atoms with Crippen LogP contribution in [0.4, 0.5) is 0 Å². The van der Waals surface area contributed by atoms with Crippen molar-refractivity contribution in [2.45, 2.75) is 32.1 Å². The fourth-order valence-corrected chi connectivity index (χ4v) is 3.82. The fourth-order valence-electron chi connectivity index (χ4n) is 3.16. The van der Waals surface area contributed by atoms with Crippen LogP contribution in [0.25, 0.3) is 0 Å². The highest BCUT2D eigenvalue weighted by atomic mass is 32.2. The number of thioether (sulfide) groups is 1.